The number of rotatable bonds is 5. The molecule has 24 heavy (non-hydrogen) atoms. The van der Waals surface area contributed by atoms with Gasteiger partial charge in [-0.15, -0.1) is 0 Å². The molecule has 6 nitrogen and oxygen atoms in total. The molecular weight excluding hydrogens is 393 g/mol. The van der Waals surface area contributed by atoms with Crippen molar-refractivity contribution in [3.05, 3.63) is 65.7 Å². The number of carbonyl (C=O) groups is 1. The van der Waals surface area contributed by atoms with Crippen LogP contribution >= 0.6 is 0 Å². The topological polar surface area (TPSA) is 102 Å². The summed E-state index contributed by atoms with van der Waals surface area (Å²) in [6, 6.07) is 15.2. The predicted octanol–water partition coefficient (Wildman–Crippen LogP) is 0.831. The van der Waals surface area contributed by atoms with E-state index in [2.05, 4.69) is 26.3 Å². The number of aliphatic imine (C=N–C) groups is 1. The van der Waals surface area contributed by atoms with Crippen LogP contribution < -0.4 is 10.5 Å². The molecule has 0 saturated heterocycles. The Morgan fingerprint density at radius 3 is 2.29 bits per heavy atom. The van der Waals surface area contributed by atoms with Crippen LogP contribution in [0.25, 0.3) is 0 Å². The van der Waals surface area contributed by atoms with Crippen molar-refractivity contribution in [1.82, 2.24) is 5.32 Å². The molecule has 2 rings (SSSR count). The third-order valence-corrected chi connectivity index (χ3v) is 4.58. The number of carbonyl (C=O) groups excluding carboxylic acids is 1. The van der Waals surface area contributed by atoms with Gasteiger partial charge in [-0.3, -0.25) is 0 Å². The first kappa shape index (κ1) is 18.3. The Hall–Kier alpha value is -1.99. The summed E-state index contributed by atoms with van der Waals surface area (Å²) in [6.07, 6.45) is 0.608. The van der Waals surface area contributed by atoms with E-state index >= 15 is 0 Å². The van der Waals surface area contributed by atoms with Gasteiger partial charge in [-0.1, -0.05) is 0 Å². The van der Waals surface area contributed by atoms with Crippen LogP contribution in [-0.4, -0.2) is 41.6 Å². The molecule has 0 unspecified atom stereocenters. The molecule has 1 radical (unpaired) electrons. The first-order chi connectivity index (χ1) is 11.4. The van der Waals surface area contributed by atoms with E-state index in [1.54, 1.807) is 36.4 Å². The van der Waals surface area contributed by atoms with Crippen molar-refractivity contribution in [3.8, 4) is 0 Å². The van der Waals surface area contributed by atoms with Gasteiger partial charge in [-0.05, 0) is 0 Å². The van der Waals surface area contributed by atoms with Gasteiger partial charge in [-0.25, -0.2) is 0 Å². The minimum absolute atomic E-state index is 0.0781. The van der Waals surface area contributed by atoms with Crippen LogP contribution in [0.4, 0.5) is 0 Å². The van der Waals surface area contributed by atoms with E-state index in [-0.39, 0.29) is 10.8 Å². The quantitative estimate of drug-likeness (QED) is 0.435. The van der Waals surface area contributed by atoms with Gasteiger partial charge < -0.3 is 0 Å². The van der Waals surface area contributed by atoms with E-state index in [0.717, 1.165) is 5.56 Å². The maximum atomic E-state index is 11.9. The summed E-state index contributed by atoms with van der Waals surface area (Å²) in [5.41, 5.74) is 1.48. The molecule has 0 saturated carbocycles. The summed E-state index contributed by atoms with van der Waals surface area (Å²) in [7, 11) is -3.67. The van der Waals surface area contributed by atoms with Gasteiger partial charge in [0.2, 0.25) is 0 Å². The Balaban J connectivity index is 1.88. The van der Waals surface area contributed by atoms with Crippen molar-refractivity contribution in [1.29, 1.82) is 0 Å². The van der Waals surface area contributed by atoms with E-state index in [4.69, 9.17) is 5.14 Å². The molecule has 0 aliphatic rings. The SMILES string of the molecule is NS(=O)(=O)c1ccc(CCN=C([Se])NC(=O)c2ccccc2)cc1. The molecule has 0 aliphatic heterocycles. The summed E-state index contributed by atoms with van der Waals surface area (Å²) in [5, 5.41) is 7.72. The number of nitrogens with zero attached hydrogens (tertiary/aromatic N) is 1. The van der Waals surface area contributed by atoms with E-state index in [0.29, 0.717) is 23.3 Å². The Bertz CT molecular complexity index is 835. The number of benzene rings is 2. The zero-order valence-electron chi connectivity index (χ0n) is 12.7. The molecule has 125 valence electrons. The standard InChI is InChI=1S/C16H16N3O3SSe/c17-23(21,22)14-8-6-12(7-9-14)10-11-18-16(24)19-15(20)13-4-2-1-3-5-13/h1-9H,10-11H2,(H2,17,21,22)(H,18,19,20). The number of primary sulfonamides is 1. The van der Waals surface area contributed by atoms with E-state index < -0.39 is 10.0 Å². The van der Waals surface area contributed by atoms with Crippen molar-refractivity contribution in [2.24, 2.45) is 10.1 Å². The molecule has 8 heteroatoms. The number of amides is 1. The average molecular weight is 409 g/mol. The second-order valence-corrected chi connectivity index (χ2v) is 7.32. The Morgan fingerprint density at radius 2 is 1.71 bits per heavy atom. The fourth-order valence-corrected chi connectivity index (χ4v) is 2.83. The Labute approximate surface area is 149 Å². The molecule has 1 amide bonds. The van der Waals surface area contributed by atoms with E-state index in [9.17, 15) is 13.2 Å². The minimum atomic E-state index is -3.67. The molecule has 0 bridgehead atoms. The summed E-state index contributed by atoms with van der Waals surface area (Å²) in [5.74, 6) is -0.231. The van der Waals surface area contributed by atoms with Crippen LogP contribution in [0.5, 0.6) is 0 Å². The number of nitrogens with one attached hydrogen (secondary N) is 1. The number of hydrogen-bond acceptors (Lipinski definition) is 4. The van der Waals surface area contributed by atoms with Crippen molar-refractivity contribution < 1.29 is 13.2 Å². The Kier molecular flexibility index (Phi) is 6.28. The predicted molar refractivity (Wildman–Crippen MR) is 93.5 cm³/mol. The van der Waals surface area contributed by atoms with Gasteiger partial charge in [0, 0.05) is 0 Å². The monoisotopic (exact) mass is 410 g/mol. The van der Waals surface area contributed by atoms with Gasteiger partial charge >= 0.3 is 149 Å². The fraction of sp³-hybridized carbons (Fsp3) is 0.125. The molecular formula is C16H16N3O3SSe. The summed E-state index contributed by atoms with van der Waals surface area (Å²) >= 11 is 2.72. The number of hydrogen-bond donors (Lipinski definition) is 2. The average Bonchev–Trinajstić information content (AvgIpc) is 2.55. The Morgan fingerprint density at radius 1 is 1.08 bits per heavy atom. The number of nitrogens with two attached hydrogens (primary N) is 1. The van der Waals surface area contributed by atoms with Gasteiger partial charge in [0.1, 0.15) is 0 Å². The van der Waals surface area contributed by atoms with Crippen LogP contribution in [0.3, 0.4) is 0 Å². The van der Waals surface area contributed by atoms with Crippen LogP contribution in [0.2, 0.25) is 0 Å². The molecule has 0 heterocycles. The third-order valence-electron chi connectivity index (χ3n) is 3.16. The van der Waals surface area contributed by atoms with Crippen LogP contribution in [0, 0.1) is 0 Å². The van der Waals surface area contributed by atoms with E-state index in [1.165, 1.54) is 12.1 Å². The van der Waals surface area contributed by atoms with Gasteiger partial charge in [0.25, 0.3) is 0 Å². The molecule has 0 aliphatic carbocycles. The summed E-state index contributed by atoms with van der Waals surface area (Å²) in [4.78, 5) is 16.3. The van der Waals surface area contributed by atoms with Gasteiger partial charge in [0.05, 0.1) is 0 Å². The van der Waals surface area contributed by atoms with Crippen molar-refractivity contribution >= 4 is 36.7 Å². The first-order valence-electron chi connectivity index (χ1n) is 7.06. The third kappa shape index (κ3) is 5.58. The molecule has 2 aromatic rings. The molecule has 2 aromatic carbocycles. The van der Waals surface area contributed by atoms with Crippen LogP contribution in [0.15, 0.2) is 64.5 Å². The zero-order chi connectivity index (χ0) is 17.6. The molecule has 0 aromatic heterocycles. The van der Waals surface area contributed by atoms with Crippen LogP contribution in [-0.2, 0) is 16.4 Å². The summed E-state index contributed by atoms with van der Waals surface area (Å²) in [6.45, 7) is 0.451. The second-order valence-electron chi connectivity index (χ2n) is 4.95. The van der Waals surface area contributed by atoms with Crippen LogP contribution in [0.1, 0.15) is 15.9 Å². The first-order valence-corrected chi connectivity index (χ1v) is 9.46. The number of sulfonamides is 1. The van der Waals surface area contributed by atoms with E-state index in [1.807, 2.05) is 6.07 Å². The van der Waals surface area contributed by atoms with Crippen molar-refractivity contribution in [3.63, 3.8) is 0 Å². The zero-order valence-corrected chi connectivity index (χ0v) is 15.2. The molecule has 0 atom stereocenters. The van der Waals surface area contributed by atoms with Gasteiger partial charge in [0.15, 0.2) is 0 Å². The fourth-order valence-electron chi connectivity index (χ4n) is 1.93. The van der Waals surface area contributed by atoms with Crippen molar-refractivity contribution in [2.45, 2.75) is 11.3 Å². The molecule has 3 N–H and O–H groups in total. The normalized spacial score (nSPS) is 12.0. The maximum absolute atomic E-state index is 11.9. The number of amidine groups is 1. The molecule has 0 fully saturated rings. The molecule has 0 spiro atoms. The second kappa shape index (κ2) is 8.21. The van der Waals surface area contributed by atoms with Gasteiger partial charge in [-0.2, -0.15) is 0 Å². The summed E-state index contributed by atoms with van der Waals surface area (Å²) < 4.78 is 22.8. The van der Waals surface area contributed by atoms with Crippen molar-refractivity contribution in [2.75, 3.05) is 6.54 Å².